The van der Waals surface area contributed by atoms with E-state index in [4.69, 9.17) is 5.73 Å². The van der Waals surface area contributed by atoms with Crippen LogP contribution >= 0.6 is 11.8 Å². The second-order valence-electron chi connectivity index (χ2n) is 6.96. The number of aromatic nitrogens is 1. The van der Waals surface area contributed by atoms with Crippen molar-refractivity contribution in [3.05, 3.63) is 70.8 Å². The fraction of sp³-hybridized carbons (Fsp3) is 0.167. The Bertz CT molecular complexity index is 1210. The van der Waals surface area contributed by atoms with Crippen molar-refractivity contribution in [2.45, 2.75) is 25.3 Å². The first kappa shape index (κ1) is 21.9. The molecule has 0 spiro atoms. The summed E-state index contributed by atoms with van der Waals surface area (Å²) in [6.45, 7) is 4.01. The van der Waals surface area contributed by atoms with Gasteiger partial charge < -0.3 is 11.1 Å². The van der Waals surface area contributed by atoms with E-state index in [1.807, 2.05) is 62.4 Å². The van der Waals surface area contributed by atoms with Gasteiger partial charge in [0.2, 0.25) is 5.91 Å². The normalized spacial score (nSPS) is 10.2. The second-order valence-corrected chi connectivity index (χ2v) is 8.05. The van der Waals surface area contributed by atoms with E-state index in [0.717, 1.165) is 22.4 Å². The Balaban J connectivity index is 1.78. The molecule has 3 aromatic rings. The third-order valence-electron chi connectivity index (χ3n) is 4.84. The molecule has 0 aliphatic rings. The maximum absolute atomic E-state index is 12.3. The molecule has 0 fully saturated rings. The van der Waals surface area contributed by atoms with E-state index < -0.39 is 0 Å². The summed E-state index contributed by atoms with van der Waals surface area (Å²) in [5.74, 6) is 0.361. The van der Waals surface area contributed by atoms with Gasteiger partial charge in [0.25, 0.3) is 0 Å². The van der Waals surface area contributed by atoms with E-state index in [0.29, 0.717) is 16.3 Å². The molecule has 7 heteroatoms. The van der Waals surface area contributed by atoms with Crippen molar-refractivity contribution in [1.82, 2.24) is 4.98 Å². The van der Waals surface area contributed by atoms with Gasteiger partial charge in [0.15, 0.2) is 0 Å². The molecule has 3 N–H and O–H groups in total. The van der Waals surface area contributed by atoms with Crippen LogP contribution in [0.4, 0.5) is 11.5 Å². The molecule has 1 amide bonds. The number of pyridine rings is 1. The maximum atomic E-state index is 12.3. The smallest absolute Gasteiger partial charge is 0.225 e. The van der Waals surface area contributed by atoms with Crippen LogP contribution in [0.25, 0.3) is 11.1 Å². The lowest BCUT2D eigenvalue weighted by Crippen LogP contribution is -2.12. The van der Waals surface area contributed by atoms with Crippen molar-refractivity contribution in [3.63, 3.8) is 0 Å². The quantitative estimate of drug-likeness (QED) is 0.545. The van der Waals surface area contributed by atoms with Gasteiger partial charge in [0.05, 0.1) is 5.56 Å². The summed E-state index contributed by atoms with van der Waals surface area (Å²) in [5.41, 5.74) is 10.7. The number of amides is 1. The number of nitrogens with one attached hydrogen (secondary N) is 1. The molecule has 0 unspecified atom stereocenters. The molecule has 6 nitrogen and oxygen atoms in total. The molecule has 154 valence electrons. The monoisotopic (exact) mass is 427 g/mol. The van der Waals surface area contributed by atoms with Crippen LogP contribution in [0, 0.1) is 36.5 Å². The highest BCUT2D eigenvalue weighted by atomic mass is 32.2. The topological polar surface area (TPSA) is 116 Å². The van der Waals surface area contributed by atoms with Gasteiger partial charge in [0, 0.05) is 23.4 Å². The van der Waals surface area contributed by atoms with Gasteiger partial charge in [-0.15, -0.1) is 11.8 Å². The van der Waals surface area contributed by atoms with Crippen LogP contribution in [-0.2, 0) is 4.79 Å². The minimum atomic E-state index is -0.126. The van der Waals surface area contributed by atoms with Gasteiger partial charge in [-0.25, -0.2) is 4.98 Å². The Morgan fingerprint density at radius 3 is 2.42 bits per heavy atom. The first-order valence-electron chi connectivity index (χ1n) is 9.63. The SMILES string of the molecule is Cc1ccc(NC(=O)CCSc2nc(N)c(C#N)c(-c3ccccc3)c2C#N)cc1C. The fourth-order valence-electron chi connectivity index (χ4n) is 3.08. The molecular weight excluding hydrogens is 406 g/mol. The van der Waals surface area contributed by atoms with Crippen molar-refractivity contribution in [2.75, 3.05) is 16.8 Å². The van der Waals surface area contributed by atoms with Crippen molar-refractivity contribution in [3.8, 4) is 23.3 Å². The Morgan fingerprint density at radius 2 is 1.77 bits per heavy atom. The number of aryl methyl sites for hydroxylation is 2. The number of nitrogens with zero attached hydrogens (tertiary/aromatic N) is 3. The summed E-state index contributed by atoms with van der Waals surface area (Å²) in [5, 5.41) is 22.6. The Morgan fingerprint density at radius 1 is 1.06 bits per heavy atom. The minimum Gasteiger partial charge on any atom is -0.383 e. The molecule has 2 aromatic carbocycles. The summed E-state index contributed by atoms with van der Waals surface area (Å²) in [4.78, 5) is 16.6. The molecule has 0 saturated heterocycles. The van der Waals surface area contributed by atoms with E-state index in [2.05, 4.69) is 22.4 Å². The maximum Gasteiger partial charge on any atom is 0.225 e. The van der Waals surface area contributed by atoms with Crippen molar-refractivity contribution < 1.29 is 4.79 Å². The Hall–Kier alpha value is -3.81. The fourth-order valence-corrected chi connectivity index (χ4v) is 4.01. The third-order valence-corrected chi connectivity index (χ3v) is 5.81. The zero-order valence-corrected chi connectivity index (χ0v) is 18.1. The first-order valence-corrected chi connectivity index (χ1v) is 10.6. The summed E-state index contributed by atoms with van der Waals surface area (Å²) in [6, 6.07) is 19.2. The van der Waals surface area contributed by atoms with Crippen LogP contribution in [0.1, 0.15) is 28.7 Å². The average Bonchev–Trinajstić information content (AvgIpc) is 2.76. The van der Waals surface area contributed by atoms with E-state index in [1.165, 1.54) is 11.8 Å². The number of nitrogens with two attached hydrogens (primary N) is 1. The van der Waals surface area contributed by atoms with Crippen LogP contribution < -0.4 is 11.1 Å². The van der Waals surface area contributed by atoms with E-state index in [-0.39, 0.29) is 29.3 Å². The van der Waals surface area contributed by atoms with Crippen molar-refractivity contribution in [1.29, 1.82) is 10.5 Å². The van der Waals surface area contributed by atoms with Gasteiger partial charge >= 0.3 is 0 Å². The average molecular weight is 428 g/mol. The van der Waals surface area contributed by atoms with E-state index >= 15 is 0 Å². The molecule has 0 bridgehead atoms. The highest BCUT2D eigenvalue weighted by Gasteiger charge is 2.20. The lowest BCUT2D eigenvalue weighted by atomic mass is 9.97. The number of nitriles is 2. The molecule has 0 saturated carbocycles. The van der Waals surface area contributed by atoms with Gasteiger partial charge in [-0.3, -0.25) is 4.79 Å². The highest BCUT2D eigenvalue weighted by molar-refractivity contribution is 7.99. The molecule has 3 rings (SSSR count). The van der Waals surface area contributed by atoms with Crippen LogP contribution in [0.2, 0.25) is 0 Å². The van der Waals surface area contributed by atoms with Gasteiger partial charge in [0.1, 0.15) is 28.5 Å². The molecule has 0 aliphatic carbocycles. The van der Waals surface area contributed by atoms with Crippen LogP contribution in [0.15, 0.2) is 53.6 Å². The van der Waals surface area contributed by atoms with Crippen LogP contribution in [0.3, 0.4) is 0 Å². The molecular formula is C24H21N5OS. The van der Waals surface area contributed by atoms with Gasteiger partial charge in [-0.2, -0.15) is 10.5 Å². The summed E-state index contributed by atoms with van der Waals surface area (Å²) < 4.78 is 0. The van der Waals surface area contributed by atoms with Crippen molar-refractivity contribution >= 4 is 29.2 Å². The van der Waals surface area contributed by atoms with Gasteiger partial charge in [-0.1, -0.05) is 36.4 Å². The lowest BCUT2D eigenvalue weighted by molar-refractivity contribution is -0.115. The molecule has 1 aromatic heterocycles. The molecule has 0 aliphatic heterocycles. The Labute approximate surface area is 185 Å². The number of hydrogen-bond donors (Lipinski definition) is 2. The predicted molar refractivity (Wildman–Crippen MR) is 123 cm³/mol. The van der Waals surface area contributed by atoms with Crippen LogP contribution in [0.5, 0.6) is 0 Å². The number of thioether (sulfide) groups is 1. The number of carbonyl (C=O) groups excluding carboxylic acids is 1. The van der Waals surface area contributed by atoms with Gasteiger partial charge in [-0.05, 0) is 42.7 Å². The minimum absolute atomic E-state index is 0.0717. The zero-order valence-electron chi connectivity index (χ0n) is 17.3. The van der Waals surface area contributed by atoms with Crippen molar-refractivity contribution in [2.24, 2.45) is 0 Å². The predicted octanol–water partition coefficient (Wildman–Crippen LogP) is 4.81. The van der Waals surface area contributed by atoms with E-state index in [1.54, 1.807) is 0 Å². The zero-order chi connectivity index (χ0) is 22.4. The number of benzene rings is 2. The number of carbonyl (C=O) groups is 1. The van der Waals surface area contributed by atoms with Crippen LogP contribution in [-0.4, -0.2) is 16.6 Å². The molecule has 0 radical (unpaired) electrons. The number of anilines is 2. The lowest BCUT2D eigenvalue weighted by Gasteiger charge is -2.13. The molecule has 1 heterocycles. The summed E-state index contributed by atoms with van der Waals surface area (Å²) in [7, 11) is 0. The number of rotatable bonds is 6. The summed E-state index contributed by atoms with van der Waals surface area (Å²) in [6.07, 6.45) is 0.241. The highest BCUT2D eigenvalue weighted by Crippen LogP contribution is 2.35. The summed E-state index contributed by atoms with van der Waals surface area (Å²) >= 11 is 1.27. The molecule has 0 atom stereocenters. The first-order chi connectivity index (χ1) is 14.9. The number of nitrogen functional groups attached to an aromatic ring is 1. The third kappa shape index (κ3) is 5.03. The number of hydrogen-bond acceptors (Lipinski definition) is 6. The Kier molecular flexibility index (Phi) is 6.92. The molecule has 31 heavy (non-hydrogen) atoms. The largest absolute Gasteiger partial charge is 0.383 e. The van der Waals surface area contributed by atoms with E-state index in [9.17, 15) is 15.3 Å². The standard InChI is InChI=1S/C24H21N5OS/c1-15-8-9-18(12-16(15)2)28-21(30)10-11-31-24-20(14-26)22(17-6-4-3-5-7-17)19(13-25)23(27)29-24/h3-9,12H,10-11H2,1-2H3,(H2,27,29)(H,28,30). The second kappa shape index (κ2) is 9.80.